The molecule has 0 aliphatic carbocycles. The molecule has 1 aliphatic heterocycles. The van der Waals surface area contributed by atoms with E-state index in [1.807, 2.05) is 39.0 Å². The van der Waals surface area contributed by atoms with Gasteiger partial charge in [-0.25, -0.2) is 8.42 Å². The number of rotatable bonds is 7. The maximum Gasteiger partial charge on any atom is 0.254 e. The van der Waals surface area contributed by atoms with Crippen molar-refractivity contribution in [1.82, 2.24) is 14.5 Å². The zero-order chi connectivity index (χ0) is 23.3. The van der Waals surface area contributed by atoms with Gasteiger partial charge in [0, 0.05) is 31.2 Å². The molecule has 2 aromatic carbocycles. The van der Waals surface area contributed by atoms with Gasteiger partial charge in [-0.15, -0.1) is 0 Å². The van der Waals surface area contributed by atoms with E-state index in [2.05, 4.69) is 4.72 Å². The summed E-state index contributed by atoms with van der Waals surface area (Å²) in [4.78, 5) is 29.8. The number of hydrogen-bond donors (Lipinski definition) is 1. The molecule has 1 fully saturated rings. The Labute approximate surface area is 190 Å². The van der Waals surface area contributed by atoms with Crippen LogP contribution < -0.4 is 4.72 Å². The second kappa shape index (κ2) is 10.3. The van der Waals surface area contributed by atoms with E-state index >= 15 is 0 Å². The van der Waals surface area contributed by atoms with Crippen molar-refractivity contribution in [3.8, 4) is 0 Å². The van der Waals surface area contributed by atoms with Gasteiger partial charge in [0.15, 0.2) is 0 Å². The summed E-state index contributed by atoms with van der Waals surface area (Å²) in [6.07, 6.45) is 0.649. The van der Waals surface area contributed by atoms with Crippen LogP contribution in [0.25, 0.3) is 0 Å². The first-order valence-electron chi connectivity index (χ1n) is 11.0. The van der Waals surface area contributed by atoms with Crippen LogP contribution in [0.1, 0.15) is 37.6 Å². The van der Waals surface area contributed by atoms with Crippen molar-refractivity contribution in [3.63, 3.8) is 0 Å². The second-order valence-electron chi connectivity index (χ2n) is 8.30. The number of carbonyl (C=O) groups excluding carboxylic acids is 2. The molecule has 0 radical (unpaired) electrons. The lowest BCUT2D eigenvalue weighted by molar-refractivity contribution is -0.136. The number of carbonyl (C=O) groups is 2. The van der Waals surface area contributed by atoms with E-state index in [0.717, 1.165) is 0 Å². The fourth-order valence-corrected chi connectivity index (χ4v) is 5.20. The lowest BCUT2D eigenvalue weighted by atomic mass is 9.98. The van der Waals surface area contributed by atoms with E-state index in [1.165, 1.54) is 12.1 Å². The number of amides is 2. The number of piperazine rings is 1. The molecule has 2 aromatic rings. The standard InChI is InChI=1S/C24H31N3O4S/c1-4-18(2)22(25-32(30,31)21-13-9-6-10-14-21)24(29)26-15-16-27(19(3)17-26)23(28)20-11-7-5-8-12-20/h5-14,18-19,22,25H,4,15-17H2,1-3H3. The molecule has 7 nitrogen and oxygen atoms in total. The molecule has 0 bridgehead atoms. The van der Waals surface area contributed by atoms with E-state index in [0.29, 0.717) is 31.6 Å². The van der Waals surface area contributed by atoms with E-state index in [4.69, 9.17) is 0 Å². The Kier molecular flexibility index (Phi) is 7.69. The molecule has 0 saturated carbocycles. The molecular weight excluding hydrogens is 426 g/mol. The van der Waals surface area contributed by atoms with Gasteiger partial charge in [0.25, 0.3) is 5.91 Å². The molecule has 1 heterocycles. The third kappa shape index (κ3) is 5.37. The SMILES string of the molecule is CCC(C)C(NS(=O)(=O)c1ccccc1)C(=O)N1CCN(C(=O)c2ccccc2)C(C)C1. The van der Waals surface area contributed by atoms with Crippen molar-refractivity contribution in [3.05, 3.63) is 66.2 Å². The van der Waals surface area contributed by atoms with Crippen molar-refractivity contribution in [2.75, 3.05) is 19.6 Å². The topological polar surface area (TPSA) is 86.8 Å². The zero-order valence-corrected chi connectivity index (χ0v) is 19.6. The Morgan fingerprint density at radius 2 is 1.62 bits per heavy atom. The number of hydrogen-bond acceptors (Lipinski definition) is 4. The van der Waals surface area contributed by atoms with Crippen molar-refractivity contribution in [2.45, 2.75) is 44.2 Å². The van der Waals surface area contributed by atoms with Crippen LogP contribution in [0.4, 0.5) is 0 Å². The monoisotopic (exact) mass is 457 g/mol. The predicted molar refractivity (Wildman–Crippen MR) is 124 cm³/mol. The van der Waals surface area contributed by atoms with Crippen molar-refractivity contribution < 1.29 is 18.0 Å². The summed E-state index contributed by atoms with van der Waals surface area (Å²) < 4.78 is 28.4. The third-order valence-electron chi connectivity index (χ3n) is 6.04. The molecular formula is C24H31N3O4S. The van der Waals surface area contributed by atoms with Crippen molar-refractivity contribution >= 4 is 21.8 Å². The van der Waals surface area contributed by atoms with Crippen LogP contribution in [0.15, 0.2) is 65.6 Å². The molecule has 8 heteroatoms. The maximum atomic E-state index is 13.4. The Hall–Kier alpha value is -2.71. The molecule has 3 atom stereocenters. The molecule has 172 valence electrons. The average Bonchev–Trinajstić information content (AvgIpc) is 2.82. The highest BCUT2D eigenvalue weighted by molar-refractivity contribution is 7.89. The highest BCUT2D eigenvalue weighted by Crippen LogP contribution is 2.19. The van der Waals surface area contributed by atoms with Crippen LogP contribution in [0.2, 0.25) is 0 Å². The van der Waals surface area contributed by atoms with Crippen LogP contribution in [-0.2, 0) is 14.8 Å². The third-order valence-corrected chi connectivity index (χ3v) is 7.49. The second-order valence-corrected chi connectivity index (χ2v) is 10.0. The van der Waals surface area contributed by atoms with Gasteiger partial charge in [-0.3, -0.25) is 9.59 Å². The van der Waals surface area contributed by atoms with Crippen molar-refractivity contribution in [2.24, 2.45) is 5.92 Å². The number of benzene rings is 2. The lowest BCUT2D eigenvalue weighted by Crippen LogP contribution is -2.60. The van der Waals surface area contributed by atoms with Gasteiger partial charge in [0.1, 0.15) is 6.04 Å². The largest absolute Gasteiger partial charge is 0.337 e. The van der Waals surface area contributed by atoms with Crippen LogP contribution in [0, 0.1) is 5.92 Å². The fourth-order valence-electron chi connectivity index (χ4n) is 3.88. The fraction of sp³-hybridized carbons (Fsp3) is 0.417. The first-order valence-corrected chi connectivity index (χ1v) is 12.4. The highest BCUT2D eigenvalue weighted by Gasteiger charge is 2.36. The summed E-state index contributed by atoms with van der Waals surface area (Å²) in [7, 11) is -3.83. The Morgan fingerprint density at radius 1 is 1.03 bits per heavy atom. The van der Waals surface area contributed by atoms with Crippen molar-refractivity contribution in [1.29, 1.82) is 0 Å². The van der Waals surface area contributed by atoms with E-state index in [9.17, 15) is 18.0 Å². The molecule has 0 aromatic heterocycles. The summed E-state index contributed by atoms with van der Waals surface area (Å²) in [5, 5.41) is 0. The van der Waals surface area contributed by atoms with Crippen LogP contribution in [0.3, 0.4) is 0 Å². The molecule has 1 N–H and O–H groups in total. The molecule has 1 saturated heterocycles. The van der Waals surface area contributed by atoms with Gasteiger partial charge < -0.3 is 9.80 Å². The quantitative estimate of drug-likeness (QED) is 0.693. The van der Waals surface area contributed by atoms with Crippen LogP contribution >= 0.6 is 0 Å². The van der Waals surface area contributed by atoms with Crippen LogP contribution in [0.5, 0.6) is 0 Å². The van der Waals surface area contributed by atoms with E-state index in [1.54, 1.807) is 40.1 Å². The van der Waals surface area contributed by atoms with E-state index in [-0.39, 0.29) is 28.7 Å². The molecule has 0 spiro atoms. The van der Waals surface area contributed by atoms with Gasteiger partial charge in [0.05, 0.1) is 4.90 Å². The Bertz CT molecular complexity index is 1030. The summed E-state index contributed by atoms with van der Waals surface area (Å²) in [6.45, 7) is 6.83. The number of nitrogens with one attached hydrogen (secondary N) is 1. The zero-order valence-electron chi connectivity index (χ0n) is 18.8. The van der Waals surface area contributed by atoms with Gasteiger partial charge in [0.2, 0.25) is 15.9 Å². The molecule has 32 heavy (non-hydrogen) atoms. The number of sulfonamides is 1. The van der Waals surface area contributed by atoms with Gasteiger partial charge in [-0.1, -0.05) is 56.7 Å². The van der Waals surface area contributed by atoms with Gasteiger partial charge >= 0.3 is 0 Å². The lowest BCUT2D eigenvalue weighted by Gasteiger charge is -2.41. The predicted octanol–water partition coefficient (Wildman–Crippen LogP) is 2.75. The maximum absolute atomic E-state index is 13.4. The molecule has 2 amide bonds. The normalized spacial score (nSPS) is 18.8. The average molecular weight is 458 g/mol. The Balaban J connectivity index is 1.73. The van der Waals surface area contributed by atoms with Gasteiger partial charge in [-0.05, 0) is 37.1 Å². The first kappa shape index (κ1) is 23.9. The summed E-state index contributed by atoms with van der Waals surface area (Å²) in [5.74, 6) is -0.494. The van der Waals surface area contributed by atoms with Crippen LogP contribution in [-0.4, -0.2) is 61.7 Å². The minimum atomic E-state index is -3.83. The van der Waals surface area contributed by atoms with Gasteiger partial charge in [-0.2, -0.15) is 4.72 Å². The smallest absolute Gasteiger partial charge is 0.254 e. The molecule has 3 rings (SSSR count). The summed E-state index contributed by atoms with van der Waals surface area (Å²) in [6, 6.07) is 16.1. The molecule has 3 unspecified atom stereocenters. The first-order chi connectivity index (χ1) is 15.2. The summed E-state index contributed by atoms with van der Waals surface area (Å²) in [5.41, 5.74) is 0.618. The highest BCUT2D eigenvalue weighted by atomic mass is 32.2. The minimum absolute atomic E-state index is 0.0616. The number of nitrogens with zero attached hydrogens (tertiary/aromatic N) is 2. The minimum Gasteiger partial charge on any atom is -0.337 e. The van der Waals surface area contributed by atoms with E-state index < -0.39 is 16.1 Å². The Morgan fingerprint density at radius 3 is 2.19 bits per heavy atom. The molecule has 1 aliphatic rings. The summed E-state index contributed by atoms with van der Waals surface area (Å²) >= 11 is 0.